The summed E-state index contributed by atoms with van der Waals surface area (Å²) in [5.41, 5.74) is 4.42. The number of nitrogens with one attached hydrogen (secondary N) is 2. The molecule has 2 aromatic rings. The van der Waals surface area contributed by atoms with E-state index >= 15 is 0 Å². The van der Waals surface area contributed by atoms with Crippen molar-refractivity contribution in [1.29, 1.82) is 0 Å². The Labute approximate surface area is 111 Å². The number of aromatic amines is 1. The molecule has 2 aromatic heterocycles. The number of aromatic nitrogens is 2. The van der Waals surface area contributed by atoms with Gasteiger partial charge in [-0.3, -0.25) is 9.78 Å². The Balaban J connectivity index is 1.90. The molecule has 0 aliphatic heterocycles. The first-order valence-corrected chi connectivity index (χ1v) is 6.63. The number of rotatable bonds is 2. The largest absolute Gasteiger partial charge is 0.377 e. The predicted molar refractivity (Wildman–Crippen MR) is 75.3 cm³/mol. The third-order valence-electron chi connectivity index (χ3n) is 3.55. The summed E-state index contributed by atoms with van der Waals surface area (Å²) < 4.78 is 0. The number of hydrogen-bond donors (Lipinski definition) is 2. The maximum Gasteiger partial charge on any atom is 0.248 e. The minimum Gasteiger partial charge on any atom is -0.377 e. The lowest BCUT2D eigenvalue weighted by Gasteiger charge is -2.26. The molecule has 2 N–H and O–H groups in total. The molecule has 19 heavy (non-hydrogen) atoms. The zero-order valence-corrected chi connectivity index (χ0v) is 10.9. The van der Waals surface area contributed by atoms with Crippen molar-refractivity contribution in [2.75, 3.05) is 5.32 Å². The summed E-state index contributed by atoms with van der Waals surface area (Å²) in [5, 5.41) is 3.51. The van der Waals surface area contributed by atoms with Crippen molar-refractivity contribution in [3.05, 3.63) is 57.8 Å². The second-order valence-corrected chi connectivity index (χ2v) is 5.10. The molecule has 0 saturated carbocycles. The van der Waals surface area contributed by atoms with Gasteiger partial charge in [0.25, 0.3) is 0 Å². The standard InChI is InChI=1S/C15H17N3O/c1-10-7-11(9-16-8-10)17-13-3-2-4-14-12(13)5-6-15(19)18-14/h5-9,13,17H,2-4H2,1H3,(H,18,19). The van der Waals surface area contributed by atoms with E-state index in [2.05, 4.69) is 21.4 Å². The second kappa shape index (κ2) is 4.88. The molecule has 1 atom stereocenters. The van der Waals surface area contributed by atoms with Gasteiger partial charge in [0.1, 0.15) is 0 Å². The predicted octanol–water partition coefficient (Wildman–Crippen LogP) is 2.57. The summed E-state index contributed by atoms with van der Waals surface area (Å²) >= 11 is 0. The van der Waals surface area contributed by atoms with Gasteiger partial charge in [0, 0.05) is 24.2 Å². The van der Waals surface area contributed by atoms with Crippen LogP contribution in [0.5, 0.6) is 0 Å². The van der Waals surface area contributed by atoms with Crippen LogP contribution in [0.25, 0.3) is 0 Å². The molecule has 0 aromatic carbocycles. The van der Waals surface area contributed by atoms with Crippen molar-refractivity contribution in [3.8, 4) is 0 Å². The molecule has 1 aliphatic rings. The fraction of sp³-hybridized carbons (Fsp3) is 0.333. The summed E-state index contributed by atoms with van der Waals surface area (Å²) in [7, 11) is 0. The normalized spacial score (nSPS) is 17.8. The third-order valence-corrected chi connectivity index (χ3v) is 3.55. The smallest absolute Gasteiger partial charge is 0.248 e. The van der Waals surface area contributed by atoms with Crippen LogP contribution in [0, 0.1) is 6.92 Å². The lowest BCUT2D eigenvalue weighted by Crippen LogP contribution is -2.21. The first-order chi connectivity index (χ1) is 9.22. The number of pyridine rings is 2. The SMILES string of the molecule is Cc1cncc(NC2CCCc3[nH]c(=O)ccc32)c1. The van der Waals surface area contributed by atoms with E-state index in [0.29, 0.717) is 0 Å². The first kappa shape index (κ1) is 12.0. The van der Waals surface area contributed by atoms with Crippen LogP contribution in [0.3, 0.4) is 0 Å². The van der Waals surface area contributed by atoms with Gasteiger partial charge in [-0.05, 0) is 49.4 Å². The van der Waals surface area contributed by atoms with E-state index in [1.165, 1.54) is 5.56 Å². The molecule has 4 heteroatoms. The average Bonchev–Trinajstić information content (AvgIpc) is 2.38. The molecule has 0 spiro atoms. The molecule has 4 nitrogen and oxygen atoms in total. The fourth-order valence-electron chi connectivity index (χ4n) is 2.69. The Morgan fingerprint density at radius 3 is 3.11 bits per heavy atom. The van der Waals surface area contributed by atoms with Crippen LogP contribution in [0.2, 0.25) is 0 Å². The van der Waals surface area contributed by atoms with Gasteiger partial charge in [-0.1, -0.05) is 0 Å². The third kappa shape index (κ3) is 2.52. The highest BCUT2D eigenvalue weighted by atomic mass is 16.1. The van der Waals surface area contributed by atoms with Crippen LogP contribution in [-0.2, 0) is 6.42 Å². The number of hydrogen-bond acceptors (Lipinski definition) is 3. The Bertz CT molecular complexity index is 648. The Hall–Kier alpha value is -2.10. The van der Waals surface area contributed by atoms with Crippen molar-refractivity contribution in [2.24, 2.45) is 0 Å². The quantitative estimate of drug-likeness (QED) is 0.867. The molecule has 0 saturated heterocycles. The fourth-order valence-corrected chi connectivity index (χ4v) is 2.69. The van der Waals surface area contributed by atoms with Crippen molar-refractivity contribution >= 4 is 5.69 Å². The maximum absolute atomic E-state index is 11.4. The highest BCUT2D eigenvalue weighted by Gasteiger charge is 2.20. The number of nitrogens with zero attached hydrogens (tertiary/aromatic N) is 1. The Morgan fingerprint density at radius 1 is 1.37 bits per heavy atom. The molecule has 2 heterocycles. The molecular weight excluding hydrogens is 238 g/mol. The van der Waals surface area contributed by atoms with Crippen LogP contribution in [0.15, 0.2) is 35.4 Å². The molecule has 1 aliphatic carbocycles. The minimum absolute atomic E-state index is 0.0170. The zero-order chi connectivity index (χ0) is 13.2. The van der Waals surface area contributed by atoms with Crippen LogP contribution >= 0.6 is 0 Å². The van der Waals surface area contributed by atoms with Gasteiger partial charge in [0.05, 0.1) is 11.7 Å². The lowest BCUT2D eigenvalue weighted by atomic mass is 9.91. The topological polar surface area (TPSA) is 57.8 Å². The monoisotopic (exact) mass is 255 g/mol. The zero-order valence-electron chi connectivity index (χ0n) is 10.9. The van der Waals surface area contributed by atoms with Gasteiger partial charge >= 0.3 is 0 Å². The Kier molecular flexibility index (Phi) is 3.07. The summed E-state index contributed by atoms with van der Waals surface area (Å²) in [6.07, 6.45) is 6.80. The highest BCUT2D eigenvalue weighted by molar-refractivity contribution is 5.46. The number of aryl methyl sites for hydroxylation is 2. The molecular formula is C15H17N3O. The number of anilines is 1. The van der Waals surface area contributed by atoms with E-state index in [-0.39, 0.29) is 11.6 Å². The average molecular weight is 255 g/mol. The van der Waals surface area contributed by atoms with E-state index in [0.717, 1.165) is 36.2 Å². The number of H-pyrrole nitrogens is 1. The van der Waals surface area contributed by atoms with Crippen LogP contribution in [0.4, 0.5) is 5.69 Å². The van der Waals surface area contributed by atoms with Crippen LogP contribution in [-0.4, -0.2) is 9.97 Å². The van der Waals surface area contributed by atoms with Crippen LogP contribution < -0.4 is 10.9 Å². The molecule has 0 radical (unpaired) electrons. The molecule has 0 fully saturated rings. The summed E-state index contributed by atoms with van der Waals surface area (Å²) in [6, 6.07) is 5.89. The molecule has 0 bridgehead atoms. The molecule has 0 amide bonds. The summed E-state index contributed by atoms with van der Waals surface area (Å²) in [6.45, 7) is 2.03. The molecule has 3 rings (SSSR count). The molecule has 98 valence electrons. The summed E-state index contributed by atoms with van der Waals surface area (Å²) in [5.74, 6) is 0. The highest BCUT2D eigenvalue weighted by Crippen LogP contribution is 2.30. The minimum atomic E-state index is -0.0170. The van der Waals surface area contributed by atoms with Gasteiger partial charge in [-0.2, -0.15) is 0 Å². The second-order valence-electron chi connectivity index (χ2n) is 5.10. The first-order valence-electron chi connectivity index (χ1n) is 6.63. The van der Waals surface area contributed by atoms with Crippen LogP contribution in [0.1, 0.15) is 35.7 Å². The molecule has 1 unspecified atom stereocenters. The van der Waals surface area contributed by atoms with E-state index in [1.807, 2.05) is 25.4 Å². The van der Waals surface area contributed by atoms with E-state index < -0.39 is 0 Å². The van der Waals surface area contributed by atoms with Gasteiger partial charge in [-0.25, -0.2) is 0 Å². The van der Waals surface area contributed by atoms with Gasteiger partial charge in [0.2, 0.25) is 5.56 Å². The van der Waals surface area contributed by atoms with Gasteiger partial charge in [0.15, 0.2) is 0 Å². The van der Waals surface area contributed by atoms with E-state index in [1.54, 1.807) is 6.07 Å². The van der Waals surface area contributed by atoms with E-state index in [4.69, 9.17) is 0 Å². The maximum atomic E-state index is 11.4. The van der Waals surface area contributed by atoms with Gasteiger partial charge in [-0.15, -0.1) is 0 Å². The van der Waals surface area contributed by atoms with Gasteiger partial charge < -0.3 is 10.3 Å². The van der Waals surface area contributed by atoms with Crippen molar-refractivity contribution < 1.29 is 0 Å². The number of fused-ring (bicyclic) bond motifs is 1. The van der Waals surface area contributed by atoms with Crippen molar-refractivity contribution in [3.63, 3.8) is 0 Å². The van der Waals surface area contributed by atoms with E-state index in [9.17, 15) is 4.79 Å². The summed E-state index contributed by atoms with van der Waals surface area (Å²) in [4.78, 5) is 18.5. The van der Waals surface area contributed by atoms with Crippen molar-refractivity contribution in [1.82, 2.24) is 9.97 Å². The lowest BCUT2D eigenvalue weighted by molar-refractivity contribution is 0.586. The van der Waals surface area contributed by atoms with Crippen molar-refractivity contribution in [2.45, 2.75) is 32.2 Å². The Morgan fingerprint density at radius 2 is 2.26 bits per heavy atom.